The first-order chi connectivity index (χ1) is 13.1. The van der Waals surface area contributed by atoms with Crippen molar-refractivity contribution in [2.45, 2.75) is 25.3 Å². The monoisotopic (exact) mass is 377 g/mol. The summed E-state index contributed by atoms with van der Waals surface area (Å²) in [6.45, 7) is 1.34. The highest BCUT2D eigenvalue weighted by Gasteiger charge is 2.30. The standard InChI is InChI=1S/C21H19N3O2S/c1-24-9-13(8-17-20(12-6-7-12)22-11-27-17)19-15(10-24)18(21(25)26)14-4-2-3-5-16(14)23-19/h2-5,8,11-12H,6-7,9-10H2,1H3,(H,25,26). The van der Waals surface area contributed by atoms with Crippen molar-refractivity contribution in [2.75, 3.05) is 13.6 Å². The molecule has 2 aliphatic rings. The third kappa shape index (κ3) is 2.85. The quantitative estimate of drug-likeness (QED) is 0.739. The van der Waals surface area contributed by atoms with Crippen LogP contribution in [-0.4, -0.2) is 39.5 Å². The van der Waals surface area contributed by atoms with Gasteiger partial charge in [-0.05, 0) is 37.6 Å². The minimum atomic E-state index is -0.893. The molecule has 1 N–H and O–H groups in total. The van der Waals surface area contributed by atoms with Crippen molar-refractivity contribution >= 4 is 39.9 Å². The minimum absolute atomic E-state index is 0.375. The number of fused-ring (bicyclic) bond motifs is 2. The molecule has 0 bridgehead atoms. The second-order valence-corrected chi connectivity index (χ2v) is 8.24. The summed E-state index contributed by atoms with van der Waals surface area (Å²) in [6, 6.07) is 7.50. The highest BCUT2D eigenvalue weighted by atomic mass is 32.1. The van der Waals surface area contributed by atoms with Gasteiger partial charge in [0.05, 0.1) is 32.9 Å². The fourth-order valence-electron chi connectivity index (χ4n) is 3.91. The largest absolute Gasteiger partial charge is 0.478 e. The molecule has 2 aromatic heterocycles. The molecule has 0 amide bonds. The lowest BCUT2D eigenvalue weighted by molar-refractivity contribution is 0.0696. The lowest BCUT2D eigenvalue weighted by Gasteiger charge is -2.28. The summed E-state index contributed by atoms with van der Waals surface area (Å²) in [5, 5.41) is 10.6. The van der Waals surface area contributed by atoms with Gasteiger partial charge in [-0.2, -0.15) is 0 Å². The predicted molar refractivity (Wildman–Crippen MR) is 107 cm³/mol. The van der Waals surface area contributed by atoms with Gasteiger partial charge in [0.15, 0.2) is 0 Å². The normalized spacial score (nSPS) is 18.8. The van der Waals surface area contributed by atoms with E-state index in [1.807, 2.05) is 36.8 Å². The van der Waals surface area contributed by atoms with E-state index >= 15 is 0 Å². The van der Waals surface area contributed by atoms with E-state index < -0.39 is 5.97 Å². The van der Waals surface area contributed by atoms with Gasteiger partial charge in [0.1, 0.15) is 0 Å². The third-order valence-electron chi connectivity index (χ3n) is 5.27. The summed E-state index contributed by atoms with van der Waals surface area (Å²) in [6.07, 6.45) is 4.60. The number of pyridine rings is 1. The maximum Gasteiger partial charge on any atom is 0.336 e. The van der Waals surface area contributed by atoms with Gasteiger partial charge in [-0.25, -0.2) is 14.8 Å². The van der Waals surface area contributed by atoms with Gasteiger partial charge < -0.3 is 5.11 Å². The molecule has 1 aromatic carbocycles. The molecule has 1 aliphatic carbocycles. The summed E-state index contributed by atoms with van der Waals surface area (Å²) >= 11 is 1.65. The Balaban J connectivity index is 1.74. The number of carboxylic acid groups (broad SMARTS) is 1. The number of aromatic nitrogens is 2. The average Bonchev–Trinajstić information content (AvgIpc) is 3.39. The predicted octanol–water partition coefficient (Wildman–Crippen LogP) is 4.25. The first kappa shape index (κ1) is 16.6. The number of aromatic carboxylic acids is 1. The van der Waals surface area contributed by atoms with Crippen molar-refractivity contribution in [1.82, 2.24) is 14.9 Å². The molecule has 5 nitrogen and oxygen atoms in total. The molecule has 0 unspecified atom stereocenters. The fourth-order valence-corrected chi connectivity index (χ4v) is 4.74. The Labute approximate surface area is 161 Å². The van der Waals surface area contributed by atoms with Crippen LogP contribution < -0.4 is 0 Å². The van der Waals surface area contributed by atoms with E-state index in [4.69, 9.17) is 4.98 Å². The molecular weight excluding hydrogens is 358 g/mol. The second-order valence-electron chi connectivity index (χ2n) is 7.35. The van der Waals surface area contributed by atoms with Gasteiger partial charge in [0.25, 0.3) is 0 Å². The Morgan fingerprint density at radius 2 is 2.11 bits per heavy atom. The number of hydrogen-bond acceptors (Lipinski definition) is 5. The summed E-state index contributed by atoms with van der Waals surface area (Å²) in [5.74, 6) is -0.306. The fraction of sp³-hybridized carbons (Fsp3) is 0.286. The maximum absolute atomic E-state index is 12.1. The number of thiazole rings is 1. The summed E-state index contributed by atoms with van der Waals surface area (Å²) in [7, 11) is 2.02. The second kappa shape index (κ2) is 6.25. The lowest BCUT2D eigenvalue weighted by Crippen LogP contribution is -2.28. The molecule has 6 heteroatoms. The molecule has 3 heterocycles. The van der Waals surface area contributed by atoms with Crippen LogP contribution in [-0.2, 0) is 6.54 Å². The van der Waals surface area contributed by atoms with Crippen LogP contribution in [0.4, 0.5) is 0 Å². The Hall–Kier alpha value is -2.57. The molecule has 1 saturated carbocycles. The van der Waals surface area contributed by atoms with Gasteiger partial charge >= 0.3 is 5.97 Å². The number of nitrogens with zero attached hydrogens (tertiary/aromatic N) is 3. The highest BCUT2D eigenvalue weighted by molar-refractivity contribution is 7.10. The molecule has 27 heavy (non-hydrogen) atoms. The maximum atomic E-state index is 12.1. The lowest BCUT2D eigenvalue weighted by atomic mass is 9.93. The van der Waals surface area contributed by atoms with E-state index in [0.29, 0.717) is 23.4 Å². The Morgan fingerprint density at radius 3 is 2.89 bits per heavy atom. The molecular formula is C21H19N3O2S. The van der Waals surface area contributed by atoms with Crippen molar-refractivity contribution in [3.05, 3.63) is 57.2 Å². The number of likely N-dealkylation sites (N-methyl/N-ethyl adjacent to an activating group) is 1. The highest BCUT2D eigenvalue weighted by Crippen LogP contribution is 2.43. The van der Waals surface area contributed by atoms with Crippen LogP contribution in [0, 0.1) is 0 Å². The van der Waals surface area contributed by atoms with Crippen LogP contribution >= 0.6 is 11.3 Å². The third-order valence-corrected chi connectivity index (χ3v) is 6.06. The van der Waals surface area contributed by atoms with Gasteiger partial charge in [-0.1, -0.05) is 18.2 Å². The van der Waals surface area contributed by atoms with Gasteiger partial charge in [-0.3, -0.25) is 4.90 Å². The zero-order valence-electron chi connectivity index (χ0n) is 15.0. The molecule has 1 aliphatic heterocycles. The average molecular weight is 377 g/mol. The first-order valence-electron chi connectivity index (χ1n) is 9.09. The van der Waals surface area contributed by atoms with Gasteiger partial charge in [0, 0.05) is 30.0 Å². The molecule has 5 rings (SSSR count). The molecule has 0 saturated heterocycles. The van der Waals surface area contributed by atoms with Gasteiger partial charge in [-0.15, -0.1) is 11.3 Å². The molecule has 0 radical (unpaired) electrons. The SMILES string of the molecule is CN1CC(=Cc2scnc2C2CC2)c2nc3ccccc3c(C(=O)O)c2C1. The minimum Gasteiger partial charge on any atom is -0.478 e. The van der Waals surface area contributed by atoms with Crippen LogP contribution in [0.15, 0.2) is 29.8 Å². The van der Waals surface area contributed by atoms with Crippen molar-refractivity contribution in [1.29, 1.82) is 0 Å². The Bertz CT molecular complexity index is 1100. The number of benzene rings is 1. The zero-order valence-corrected chi connectivity index (χ0v) is 15.8. The van der Waals surface area contributed by atoms with Crippen LogP contribution in [0.3, 0.4) is 0 Å². The molecule has 3 aromatic rings. The van der Waals surface area contributed by atoms with Crippen molar-refractivity contribution in [2.24, 2.45) is 0 Å². The number of hydrogen-bond donors (Lipinski definition) is 1. The van der Waals surface area contributed by atoms with Gasteiger partial charge in [0.2, 0.25) is 0 Å². The topological polar surface area (TPSA) is 66.3 Å². The number of carbonyl (C=O) groups is 1. The summed E-state index contributed by atoms with van der Waals surface area (Å²) in [5.41, 5.74) is 6.89. The van der Waals surface area contributed by atoms with Crippen molar-refractivity contribution in [3.8, 4) is 0 Å². The van der Waals surface area contributed by atoms with E-state index in [9.17, 15) is 9.90 Å². The number of rotatable bonds is 3. The van der Waals surface area contributed by atoms with E-state index in [1.54, 1.807) is 11.3 Å². The number of para-hydroxylation sites is 1. The van der Waals surface area contributed by atoms with Crippen LogP contribution in [0.5, 0.6) is 0 Å². The van der Waals surface area contributed by atoms with Crippen molar-refractivity contribution < 1.29 is 9.90 Å². The van der Waals surface area contributed by atoms with Crippen LogP contribution in [0.25, 0.3) is 22.6 Å². The Kier molecular flexibility index (Phi) is 3.84. The van der Waals surface area contributed by atoms with E-state index in [0.717, 1.165) is 28.9 Å². The van der Waals surface area contributed by atoms with E-state index in [2.05, 4.69) is 16.0 Å². The summed E-state index contributed by atoms with van der Waals surface area (Å²) < 4.78 is 0. The van der Waals surface area contributed by atoms with E-state index in [-0.39, 0.29) is 0 Å². The molecule has 136 valence electrons. The Morgan fingerprint density at radius 1 is 1.30 bits per heavy atom. The molecule has 1 fully saturated rings. The zero-order chi connectivity index (χ0) is 18.5. The van der Waals surface area contributed by atoms with Crippen LogP contribution in [0.2, 0.25) is 0 Å². The number of carboxylic acids is 1. The molecule has 0 spiro atoms. The van der Waals surface area contributed by atoms with E-state index in [1.165, 1.54) is 23.4 Å². The smallest absolute Gasteiger partial charge is 0.336 e. The van der Waals surface area contributed by atoms with Crippen LogP contribution in [0.1, 0.15) is 50.9 Å². The summed E-state index contributed by atoms with van der Waals surface area (Å²) in [4.78, 5) is 24.9. The van der Waals surface area contributed by atoms with Crippen molar-refractivity contribution in [3.63, 3.8) is 0 Å². The first-order valence-corrected chi connectivity index (χ1v) is 9.97. The molecule has 0 atom stereocenters.